The Bertz CT molecular complexity index is 882. The highest BCUT2D eigenvalue weighted by molar-refractivity contribution is 7.09. The van der Waals surface area contributed by atoms with Gasteiger partial charge in [-0.25, -0.2) is 9.78 Å². The Kier molecular flexibility index (Phi) is 4.65. The largest absolute Gasteiger partial charge is 0.333 e. The zero-order valence-electron chi connectivity index (χ0n) is 15.0. The minimum atomic E-state index is -0.572. The van der Waals surface area contributed by atoms with Crippen molar-refractivity contribution in [2.75, 3.05) is 26.2 Å². The van der Waals surface area contributed by atoms with Crippen molar-refractivity contribution in [3.8, 4) is 0 Å². The summed E-state index contributed by atoms with van der Waals surface area (Å²) in [7, 11) is 0. The van der Waals surface area contributed by atoms with E-state index in [4.69, 9.17) is 0 Å². The Labute approximate surface area is 161 Å². The third-order valence-electron chi connectivity index (χ3n) is 4.98. The molecule has 0 spiro atoms. The van der Waals surface area contributed by atoms with Gasteiger partial charge in [0.1, 0.15) is 11.7 Å². The van der Waals surface area contributed by atoms with Crippen LogP contribution >= 0.6 is 11.3 Å². The molecule has 2 aliphatic rings. The lowest BCUT2D eigenvalue weighted by Gasteiger charge is -2.34. The smallest absolute Gasteiger partial charge is 0.327 e. The lowest BCUT2D eigenvalue weighted by atomic mass is 10.1. The summed E-state index contributed by atoms with van der Waals surface area (Å²) < 4.78 is 0. The molecule has 27 heavy (non-hydrogen) atoms. The molecule has 0 saturated carbocycles. The van der Waals surface area contributed by atoms with Crippen molar-refractivity contribution in [2.24, 2.45) is 0 Å². The van der Waals surface area contributed by atoms with Gasteiger partial charge in [-0.1, -0.05) is 30.3 Å². The molecular formula is C19H20N4O3S. The number of urea groups is 1. The molecule has 2 aliphatic heterocycles. The number of fused-ring (bicyclic) bond motifs is 1. The Morgan fingerprint density at radius 2 is 2.00 bits per heavy atom. The summed E-state index contributed by atoms with van der Waals surface area (Å²) in [6.45, 7) is 3.15. The SMILES string of the molecule is CCN1C(=O)C2CN(C(=O)c3csc(Cc4ccccc4)n3)CCN2C1=O. The molecule has 4 amide bonds. The molecule has 140 valence electrons. The van der Waals surface area contributed by atoms with E-state index in [-0.39, 0.29) is 24.4 Å². The van der Waals surface area contributed by atoms with Crippen LogP contribution in [0.2, 0.25) is 0 Å². The molecule has 1 atom stereocenters. The number of aromatic nitrogens is 1. The summed E-state index contributed by atoms with van der Waals surface area (Å²) >= 11 is 1.46. The number of nitrogens with zero attached hydrogens (tertiary/aromatic N) is 4. The van der Waals surface area contributed by atoms with Crippen LogP contribution in [0.1, 0.15) is 28.0 Å². The standard InChI is InChI=1S/C19H20N4O3S/c1-2-22-18(25)15-11-21(8-9-23(15)19(22)26)17(24)14-12-27-16(20-14)10-13-6-4-3-5-7-13/h3-7,12,15H,2,8-11H2,1H3. The van der Waals surface area contributed by atoms with Crippen molar-refractivity contribution in [1.29, 1.82) is 0 Å². The first-order valence-electron chi connectivity index (χ1n) is 8.98. The van der Waals surface area contributed by atoms with Gasteiger partial charge < -0.3 is 9.80 Å². The maximum absolute atomic E-state index is 12.8. The Morgan fingerprint density at radius 3 is 2.74 bits per heavy atom. The van der Waals surface area contributed by atoms with Gasteiger partial charge in [0.2, 0.25) is 0 Å². The third kappa shape index (κ3) is 3.21. The maximum atomic E-state index is 12.8. The number of amides is 4. The highest BCUT2D eigenvalue weighted by Gasteiger charge is 2.47. The van der Waals surface area contributed by atoms with Crippen LogP contribution < -0.4 is 0 Å². The minimum absolute atomic E-state index is 0.180. The van der Waals surface area contributed by atoms with Crippen LogP contribution in [0.4, 0.5) is 4.79 Å². The van der Waals surface area contributed by atoms with Gasteiger partial charge in [0.15, 0.2) is 0 Å². The molecule has 1 unspecified atom stereocenters. The molecule has 2 saturated heterocycles. The van der Waals surface area contributed by atoms with E-state index in [0.29, 0.717) is 31.7 Å². The van der Waals surface area contributed by atoms with Crippen molar-refractivity contribution in [3.63, 3.8) is 0 Å². The minimum Gasteiger partial charge on any atom is -0.333 e. The number of hydrogen-bond donors (Lipinski definition) is 0. The van der Waals surface area contributed by atoms with E-state index < -0.39 is 6.04 Å². The molecule has 0 bridgehead atoms. The number of carbonyl (C=O) groups excluding carboxylic acids is 3. The molecule has 4 rings (SSSR count). The summed E-state index contributed by atoms with van der Waals surface area (Å²) in [6, 6.07) is 9.17. The van der Waals surface area contributed by atoms with Crippen LogP contribution in [0.25, 0.3) is 0 Å². The lowest BCUT2D eigenvalue weighted by Crippen LogP contribution is -2.54. The second-order valence-electron chi connectivity index (χ2n) is 6.61. The molecule has 0 radical (unpaired) electrons. The van der Waals surface area contributed by atoms with Crippen molar-refractivity contribution < 1.29 is 14.4 Å². The van der Waals surface area contributed by atoms with Crippen LogP contribution in [-0.4, -0.2) is 69.8 Å². The number of rotatable bonds is 4. The average Bonchev–Trinajstić information content (AvgIpc) is 3.25. The second-order valence-corrected chi connectivity index (χ2v) is 7.56. The van der Waals surface area contributed by atoms with Gasteiger partial charge in [0.25, 0.3) is 11.8 Å². The molecule has 1 aromatic carbocycles. The predicted molar refractivity (Wildman–Crippen MR) is 101 cm³/mol. The fourth-order valence-corrected chi connectivity index (χ4v) is 4.35. The Balaban J connectivity index is 1.45. The van der Waals surface area contributed by atoms with Gasteiger partial charge >= 0.3 is 6.03 Å². The summed E-state index contributed by atoms with van der Waals surface area (Å²) in [6.07, 6.45) is 0.688. The molecule has 0 aliphatic carbocycles. The van der Waals surface area contributed by atoms with E-state index in [9.17, 15) is 14.4 Å². The molecule has 2 aromatic rings. The van der Waals surface area contributed by atoms with Crippen LogP contribution in [0.3, 0.4) is 0 Å². The van der Waals surface area contributed by atoms with Gasteiger partial charge in [-0.2, -0.15) is 0 Å². The second kappa shape index (κ2) is 7.11. The lowest BCUT2D eigenvalue weighted by molar-refractivity contribution is -0.129. The van der Waals surface area contributed by atoms with Gasteiger partial charge in [-0.15, -0.1) is 11.3 Å². The summed E-state index contributed by atoms with van der Waals surface area (Å²) in [5, 5.41) is 2.65. The van der Waals surface area contributed by atoms with Crippen molar-refractivity contribution in [3.05, 3.63) is 52.0 Å². The van der Waals surface area contributed by atoms with E-state index in [1.165, 1.54) is 16.2 Å². The summed E-state index contributed by atoms with van der Waals surface area (Å²) in [5.41, 5.74) is 1.55. The number of benzene rings is 1. The van der Waals surface area contributed by atoms with E-state index in [2.05, 4.69) is 4.98 Å². The van der Waals surface area contributed by atoms with Gasteiger partial charge in [0, 0.05) is 31.4 Å². The summed E-state index contributed by atoms with van der Waals surface area (Å²) in [4.78, 5) is 46.4. The van der Waals surface area contributed by atoms with Gasteiger partial charge in [-0.05, 0) is 12.5 Å². The van der Waals surface area contributed by atoms with E-state index in [1.54, 1.807) is 22.1 Å². The van der Waals surface area contributed by atoms with Crippen LogP contribution in [0.5, 0.6) is 0 Å². The van der Waals surface area contributed by atoms with Crippen LogP contribution in [0, 0.1) is 0 Å². The number of hydrogen-bond acceptors (Lipinski definition) is 5. The topological polar surface area (TPSA) is 73.8 Å². The van der Waals surface area contributed by atoms with E-state index >= 15 is 0 Å². The third-order valence-corrected chi connectivity index (χ3v) is 5.83. The normalized spacial score (nSPS) is 19.6. The molecule has 3 heterocycles. The fraction of sp³-hybridized carbons (Fsp3) is 0.368. The molecule has 8 heteroatoms. The zero-order chi connectivity index (χ0) is 19.0. The number of carbonyl (C=O) groups is 3. The monoisotopic (exact) mass is 384 g/mol. The average molecular weight is 384 g/mol. The van der Waals surface area contributed by atoms with E-state index in [1.807, 2.05) is 30.3 Å². The Morgan fingerprint density at radius 1 is 1.22 bits per heavy atom. The molecule has 2 fully saturated rings. The first kappa shape index (κ1) is 17.7. The Hall–Kier alpha value is -2.74. The summed E-state index contributed by atoms with van der Waals surface area (Å²) in [5.74, 6) is -0.400. The quantitative estimate of drug-likeness (QED) is 0.754. The number of piperazine rings is 1. The zero-order valence-corrected chi connectivity index (χ0v) is 15.8. The number of imide groups is 1. The predicted octanol–water partition coefficient (Wildman–Crippen LogP) is 1.84. The molecular weight excluding hydrogens is 364 g/mol. The first-order chi connectivity index (χ1) is 13.1. The van der Waals surface area contributed by atoms with Crippen LogP contribution in [0.15, 0.2) is 35.7 Å². The highest BCUT2D eigenvalue weighted by Crippen LogP contribution is 2.23. The maximum Gasteiger partial charge on any atom is 0.327 e. The number of thiazole rings is 1. The van der Waals surface area contributed by atoms with Crippen molar-refractivity contribution >= 4 is 29.2 Å². The molecule has 1 aromatic heterocycles. The first-order valence-corrected chi connectivity index (χ1v) is 9.86. The number of likely N-dealkylation sites (N-methyl/N-ethyl adjacent to an activating group) is 1. The highest BCUT2D eigenvalue weighted by atomic mass is 32.1. The van der Waals surface area contributed by atoms with Crippen LogP contribution in [-0.2, 0) is 11.2 Å². The van der Waals surface area contributed by atoms with Crippen molar-refractivity contribution in [1.82, 2.24) is 19.7 Å². The van der Waals surface area contributed by atoms with Gasteiger partial charge in [0.05, 0.1) is 11.6 Å². The molecule has 0 N–H and O–H groups in total. The molecule has 7 nitrogen and oxygen atoms in total. The van der Waals surface area contributed by atoms with E-state index in [0.717, 1.165) is 10.6 Å². The fourth-order valence-electron chi connectivity index (χ4n) is 3.55. The van der Waals surface area contributed by atoms with Crippen molar-refractivity contribution in [2.45, 2.75) is 19.4 Å². The van der Waals surface area contributed by atoms with Gasteiger partial charge in [-0.3, -0.25) is 14.5 Å².